The minimum atomic E-state index is -0.653. The molecule has 3 saturated heterocycles. The second-order valence-corrected chi connectivity index (χ2v) is 11.5. The zero-order valence-electron chi connectivity index (χ0n) is 22.4. The quantitative estimate of drug-likeness (QED) is 0.606. The number of carbonyl (C=O) groups excluding carboxylic acids is 3. The minimum Gasteiger partial charge on any atom is -0.377 e. The van der Waals surface area contributed by atoms with Crippen LogP contribution < -0.4 is 5.32 Å². The molecule has 4 fully saturated rings. The number of carbonyl (C=O) groups is 3. The number of likely N-dealkylation sites (tertiary alicyclic amines) is 2. The molecule has 3 heterocycles. The Morgan fingerprint density at radius 1 is 1.05 bits per heavy atom. The van der Waals surface area contributed by atoms with E-state index in [-0.39, 0.29) is 36.2 Å². The van der Waals surface area contributed by atoms with Gasteiger partial charge in [0.1, 0.15) is 30.9 Å². The standard InChI is InChI=1S/C29H41N3O5/c1-18(2)31-14-12-20(13-15-31)19-8-10-22(11-9-19)28(34)30-25(21-6-4-5-7-21)29(35)32-16-24(36-3)27-26(32)23(33)17-37-27/h8-11,18,20-21,24-27H,4-7,12-17H2,1-3H3,(H,30,34)/t24-,25-,26+,27+/m0/s1. The Bertz CT molecular complexity index is 982. The van der Waals surface area contributed by atoms with Gasteiger partial charge in [0.05, 0.1) is 6.54 Å². The van der Waals surface area contributed by atoms with E-state index in [0.29, 0.717) is 24.1 Å². The second kappa shape index (κ2) is 11.2. The molecule has 3 aliphatic heterocycles. The van der Waals surface area contributed by atoms with Crippen LogP contribution in [0.25, 0.3) is 0 Å². The molecule has 1 aliphatic carbocycles. The van der Waals surface area contributed by atoms with Crippen LogP contribution in [0.15, 0.2) is 24.3 Å². The van der Waals surface area contributed by atoms with Crippen molar-refractivity contribution < 1.29 is 23.9 Å². The normalized spacial score (nSPS) is 28.2. The van der Waals surface area contributed by atoms with Gasteiger partial charge in [-0.1, -0.05) is 25.0 Å². The molecule has 0 unspecified atom stereocenters. The van der Waals surface area contributed by atoms with Crippen LogP contribution in [0.2, 0.25) is 0 Å². The first kappa shape index (κ1) is 26.3. The third-order valence-electron chi connectivity index (χ3n) is 9.05. The van der Waals surface area contributed by atoms with Gasteiger partial charge in [0.2, 0.25) is 5.91 Å². The molecule has 202 valence electrons. The Morgan fingerprint density at radius 2 is 1.73 bits per heavy atom. The van der Waals surface area contributed by atoms with Gasteiger partial charge in [0.15, 0.2) is 5.78 Å². The number of rotatable bonds is 7. The average molecular weight is 512 g/mol. The van der Waals surface area contributed by atoms with E-state index in [1.807, 2.05) is 12.1 Å². The molecular weight excluding hydrogens is 470 g/mol. The first-order valence-corrected chi connectivity index (χ1v) is 14.0. The molecule has 1 aromatic rings. The molecule has 8 nitrogen and oxygen atoms in total. The number of nitrogens with zero attached hydrogens (tertiary/aromatic N) is 2. The Kier molecular flexibility index (Phi) is 7.98. The lowest BCUT2D eigenvalue weighted by Crippen LogP contribution is -2.54. The highest BCUT2D eigenvalue weighted by atomic mass is 16.5. The number of amides is 2. The van der Waals surface area contributed by atoms with E-state index < -0.39 is 18.2 Å². The molecule has 4 atom stereocenters. The maximum atomic E-state index is 13.8. The van der Waals surface area contributed by atoms with E-state index >= 15 is 0 Å². The van der Waals surface area contributed by atoms with Crippen molar-refractivity contribution in [2.24, 2.45) is 5.92 Å². The van der Waals surface area contributed by atoms with Crippen LogP contribution in [0.5, 0.6) is 0 Å². The number of fused-ring (bicyclic) bond motifs is 1. The number of Topliss-reactive ketones (excluding diaryl/α,β-unsaturated/α-hetero) is 1. The van der Waals surface area contributed by atoms with Crippen molar-refractivity contribution in [3.05, 3.63) is 35.4 Å². The Labute approximate surface area is 220 Å². The molecule has 1 saturated carbocycles. The van der Waals surface area contributed by atoms with E-state index in [1.54, 1.807) is 12.0 Å². The third kappa shape index (κ3) is 5.33. The molecule has 0 radical (unpaired) electrons. The van der Waals surface area contributed by atoms with Crippen LogP contribution >= 0.6 is 0 Å². The summed E-state index contributed by atoms with van der Waals surface area (Å²) in [4.78, 5) is 43.9. The number of ether oxygens (including phenoxy) is 2. The number of hydrogen-bond donors (Lipinski definition) is 1. The van der Waals surface area contributed by atoms with Crippen molar-refractivity contribution in [1.82, 2.24) is 15.1 Å². The second-order valence-electron chi connectivity index (χ2n) is 11.5. The average Bonchev–Trinajstić information content (AvgIpc) is 3.66. The maximum Gasteiger partial charge on any atom is 0.251 e. The van der Waals surface area contributed by atoms with Crippen molar-refractivity contribution in [3.8, 4) is 0 Å². The third-order valence-corrected chi connectivity index (χ3v) is 9.05. The monoisotopic (exact) mass is 511 g/mol. The molecule has 0 bridgehead atoms. The van der Waals surface area contributed by atoms with Gasteiger partial charge in [0.25, 0.3) is 5.91 Å². The topological polar surface area (TPSA) is 88.2 Å². The summed E-state index contributed by atoms with van der Waals surface area (Å²) in [6.45, 7) is 7.00. The maximum absolute atomic E-state index is 13.8. The van der Waals surface area contributed by atoms with Gasteiger partial charge in [-0.15, -0.1) is 0 Å². The Balaban J connectivity index is 1.27. The van der Waals surface area contributed by atoms with Crippen molar-refractivity contribution in [1.29, 1.82) is 0 Å². The summed E-state index contributed by atoms with van der Waals surface area (Å²) < 4.78 is 11.2. The molecule has 0 spiro atoms. The molecule has 37 heavy (non-hydrogen) atoms. The van der Waals surface area contributed by atoms with E-state index in [4.69, 9.17) is 9.47 Å². The zero-order valence-corrected chi connectivity index (χ0v) is 22.4. The molecule has 2 amide bonds. The van der Waals surface area contributed by atoms with Gasteiger partial charge in [-0.2, -0.15) is 0 Å². The molecular formula is C29H41N3O5. The van der Waals surface area contributed by atoms with Crippen molar-refractivity contribution >= 4 is 17.6 Å². The highest BCUT2D eigenvalue weighted by Gasteiger charge is 2.54. The summed E-state index contributed by atoms with van der Waals surface area (Å²) in [6, 6.07) is 7.21. The van der Waals surface area contributed by atoms with Crippen molar-refractivity contribution in [3.63, 3.8) is 0 Å². The van der Waals surface area contributed by atoms with E-state index in [2.05, 4.69) is 36.2 Å². The Hall–Kier alpha value is -2.29. The molecule has 1 N–H and O–H groups in total. The smallest absolute Gasteiger partial charge is 0.251 e. The van der Waals surface area contributed by atoms with Crippen LogP contribution in [-0.4, -0.2) is 91.1 Å². The predicted octanol–water partition coefficient (Wildman–Crippen LogP) is 2.76. The van der Waals surface area contributed by atoms with Gasteiger partial charge < -0.3 is 24.6 Å². The van der Waals surface area contributed by atoms with Crippen LogP contribution in [0.1, 0.15) is 74.2 Å². The van der Waals surface area contributed by atoms with Crippen molar-refractivity contribution in [2.45, 2.75) is 88.6 Å². The van der Waals surface area contributed by atoms with Crippen LogP contribution in [0.4, 0.5) is 0 Å². The van der Waals surface area contributed by atoms with E-state index in [0.717, 1.165) is 51.6 Å². The minimum absolute atomic E-state index is 0.00225. The van der Waals surface area contributed by atoms with E-state index in [9.17, 15) is 14.4 Å². The number of benzene rings is 1. The lowest BCUT2D eigenvalue weighted by molar-refractivity contribution is -0.139. The Morgan fingerprint density at radius 3 is 2.35 bits per heavy atom. The van der Waals surface area contributed by atoms with Gasteiger partial charge in [-0.3, -0.25) is 14.4 Å². The fourth-order valence-corrected chi connectivity index (χ4v) is 6.78. The van der Waals surface area contributed by atoms with Gasteiger partial charge in [0, 0.05) is 18.7 Å². The largest absolute Gasteiger partial charge is 0.377 e. The number of ketones is 1. The summed E-state index contributed by atoms with van der Waals surface area (Å²) in [5, 5.41) is 3.07. The summed E-state index contributed by atoms with van der Waals surface area (Å²) in [6.07, 6.45) is 5.37. The van der Waals surface area contributed by atoms with Crippen LogP contribution in [-0.2, 0) is 19.1 Å². The van der Waals surface area contributed by atoms with E-state index in [1.165, 1.54) is 5.56 Å². The molecule has 4 aliphatic rings. The zero-order chi connectivity index (χ0) is 26.1. The van der Waals surface area contributed by atoms with Gasteiger partial charge in [-0.05, 0) is 82.2 Å². The van der Waals surface area contributed by atoms with Gasteiger partial charge in [-0.25, -0.2) is 0 Å². The van der Waals surface area contributed by atoms with Crippen molar-refractivity contribution in [2.75, 3.05) is 33.4 Å². The number of hydrogen-bond acceptors (Lipinski definition) is 6. The number of nitrogens with one attached hydrogen (secondary N) is 1. The molecule has 0 aromatic heterocycles. The molecule has 1 aromatic carbocycles. The number of piperidine rings is 1. The summed E-state index contributed by atoms with van der Waals surface area (Å²) >= 11 is 0. The first-order valence-electron chi connectivity index (χ1n) is 14.0. The summed E-state index contributed by atoms with van der Waals surface area (Å²) in [5.41, 5.74) is 1.84. The first-order chi connectivity index (χ1) is 17.9. The number of methoxy groups -OCH3 is 1. The predicted molar refractivity (Wildman–Crippen MR) is 139 cm³/mol. The lowest BCUT2D eigenvalue weighted by Gasteiger charge is -2.34. The summed E-state index contributed by atoms with van der Waals surface area (Å²) in [7, 11) is 1.58. The van der Waals surface area contributed by atoms with Crippen LogP contribution in [0.3, 0.4) is 0 Å². The SMILES string of the molecule is CO[C@H]1CN(C(=O)[C@@H](NC(=O)c2ccc(C3CCN(C(C)C)CC3)cc2)C2CCCC2)[C@@H]2C(=O)CO[C@H]12. The molecule has 8 heteroatoms. The highest BCUT2D eigenvalue weighted by molar-refractivity contribution is 5.99. The molecule has 5 rings (SSSR count). The van der Waals surface area contributed by atoms with Gasteiger partial charge >= 0.3 is 0 Å². The van der Waals surface area contributed by atoms with Crippen LogP contribution in [0, 0.1) is 5.92 Å². The fraction of sp³-hybridized carbons (Fsp3) is 0.690. The summed E-state index contributed by atoms with van der Waals surface area (Å²) in [5.74, 6) is 0.0631. The highest BCUT2D eigenvalue weighted by Crippen LogP contribution is 2.34. The lowest BCUT2D eigenvalue weighted by atomic mass is 9.88. The fourth-order valence-electron chi connectivity index (χ4n) is 6.78.